The van der Waals surface area contributed by atoms with Crippen LogP contribution in [0.25, 0.3) is 0 Å². The molecule has 0 aliphatic carbocycles. The molecule has 108 valence electrons. The first-order valence-electron chi connectivity index (χ1n) is 6.64. The summed E-state index contributed by atoms with van der Waals surface area (Å²) in [6.45, 7) is 1.23. The highest BCUT2D eigenvalue weighted by atomic mass is 16.5. The summed E-state index contributed by atoms with van der Waals surface area (Å²) in [4.78, 5) is 28.6. The van der Waals surface area contributed by atoms with Crippen molar-refractivity contribution in [2.45, 2.75) is 25.3 Å². The van der Waals surface area contributed by atoms with Gasteiger partial charge >= 0.3 is 5.97 Å². The highest BCUT2D eigenvalue weighted by Gasteiger charge is 2.28. The van der Waals surface area contributed by atoms with Gasteiger partial charge in [-0.2, -0.15) is 0 Å². The second-order valence-corrected chi connectivity index (χ2v) is 4.77. The van der Waals surface area contributed by atoms with Crippen molar-refractivity contribution in [1.29, 1.82) is 0 Å². The Morgan fingerprint density at radius 3 is 2.85 bits per heavy atom. The SMILES string of the molecule is O=C(O)CC1COCCN1C(=O)CCc1ccncc1. The van der Waals surface area contributed by atoms with E-state index < -0.39 is 5.97 Å². The smallest absolute Gasteiger partial charge is 0.305 e. The molecule has 6 nitrogen and oxygen atoms in total. The number of carbonyl (C=O) groups excluding carboxylic acids is 1. The van der Waals surface area contributed by atoms with E-state index in [-0.39, 0.29) is 18.4 Å². The number of carbonyl (C=O) groups is 2. The predicted octanol–water partition coefficient (Wildman–Crippen LogP) is 0.716. The zero-order valence-corrected chi connectivity index (χ0v) is 11.2. The second-order valence-electron chi connectivity index (χ2n) is 4.77. The molecule has 1 aromatic rings. The minimum absolute atomic E-state index is 0.0173. The number of aliphatic carboxylic acids is 1. The lowest BCUT2D eigenvalue weighted by Crippen LogP contribution is -2.49. The van der Waals surface area contributed by atoms with Crippen LogP contribution in [-0.4, -0.2) is 52.7 Å². The van der Waals surface area contributed by atoms with Crippen LogP contribution in [0.2, 0.25) is 0 Å². The number of amides is 1. The van der Waals surface area contributed by atoms with Crippen LogP contribution >= 0.6 is 0 Å². The first kappa shape index (κ1) is 14.5. The van der Waals surface area contributed by atoms with Crippen molar-refractivity contribution >= 4 is 11.9 Å². The number of aromatic nitrogens is 1. The third kappa shape index (κ3) is 4.03. The molecule has 2 heterocycles. The summed E-state index contributed by atoms with van der Waals surface area (Å²) in [5.74, 6) is -0.927. The molecule has 0 radical (unpaired) electrons. The van der Waals surface area contributed by atoms with Gasteiger partial charge in [0.2, 0.25) is 5.91 Å². The fraction of sp³-hybridized carbons (Fsp3) is 0.500. The van der Waals surface area contributed by atoms with E-state index in [0.29, 0.717) is 32.6 Å². The van der Waals surface area contributed by atoms with E-state index in [1.807, 2.05) is 12.1 Å². The fourth-order valence-corrected chi connectivity index (χ4v) is 2.30. The quantitative estimate of drug-likeness (QED) is 0.858. The number of carboxylic acids is 1. The molecule has 20 heavy (non-hydrogen) atoms. The van der Waals surface area contributed by atoms with Gasteiger partial charge in [0.15, 0.2) is 0 Å². The van der Waals surface area contributed by atoms with E-state index in [2.05, 4.69) is 4.98 Å². The van der Waals surface area contributed by atoms with Crippen molar-refractivity contribution in [2.75, 3.05) is 19.8 Å². The van der Waals surface area contributed by atoms with Gasteiger partial charge in [-0.15, -0.1) is 0 Å². The largest absolute Gasteiger partial charge is 0.481 e. The van der Waals surface area contributed by atoms with Crippen LogP contribution in [0.5, 0.6) is 0 Å². The highest BCUT2D eigenvalue weighted by molar-refractivity contribution is 5.78. The number of hydrogen-bond acceptors (Lipinski definition) is 4. The Balaban J connectivity index is 1.90. The lowest BCUT2D eigenvalue weighted by molar-refractivity contribution is -0.146. The zero-order chi connectivity index (χ0) is 14.4. The molecule has 1 unspecified atom stereocenters. The van der Waals surface area contributed by atoms with Crippen molar-refractivity contribution in [3.63, 3.8) is 0 Å². The average molecular weight is 278 g/mol. The number of nitrogens with zero attached hydrogens (tertiary/aromatic N) is 2. The second kappa shape index (κ2) is 7.00. The normalized spacial score (nSPS) is 18.8. The van der Waals surface area contributed by atoms with Crippen LogP contribution in [0, 0.1) is 0 Å². The molecule has 0 saturated carbocycles. The van der Waals surface area contributed by atoms with Crippen molar-refractivity contribution in [3.05, 3.63) is 30.1 Å². The van der Waals surface area contributed by atoms with Crippen LogP contribution in [0.4, 0.5) is 0 Å². The van der Waals surface area contributed by atoms with E-state index in [1.54, 1.807) is 17.3 Å². The molecule has 1 N–H and O–H groups in total. The molecule has 6 heteroatoms. The Morgan fingerprint density at radius 2 is 2.15 bits per heavy atom. The van der Waals surface area contributed by atoms with E-state index >= 15 is 0 Å². The topological polar surface area (TPSA) is 79.7 Å². The van der Waals surface area contributed by atoms with E-state index in [1.165, 1.54) is 0 Å². The summed E-state index contributed by atoms with van der Waals surface area (Å²) in [5.41, 5.74) is 1.05. The molecular formula is C14H18N2O4. The summed E-state index contributed by atoms with van der Waals surface area (Å²) in [5, 5.41) is 8.87. The first-order chi connectivity index (χ1) is 9.66. The summed E-state index contributed by atoms with van der Waals surface area (Å²) >= 11 is 0. The molecule has 1 saturated heterocycles. The molecule has 0 bridgehead atoms. The van der Waals surface area contributed by atoms with Gasteiger partial charge < -0.3 is 14.7 Å². The monoisotopic (exact) mass is 278 g/mol. The van der Waals surface area contributed by atoms with Gasteiger partial charge in [-0.3, -0.25) is 14.6 Å². The zero-order valence-electron chi connectivity index (χ0n) is 11.2. The summed E-state index contributed by atoms with van der Waals surface area (Å²) < 4.78 is 5.26. The van der Waals surface area contributed by atoms with Gasteiger partial charge in [0, 0.05) is 25.4 Å². The van der Waals surface area contributed by atoms with Gasteiger partial charge in [-0.1, -0.05) is 0 Å². The molecule has 2 rings (SSSR count). The number of hydrogen-bond donors (Lipinski definition) is 1. The van der Waals surface area contributed by atoms with Crippen molar-refractivity contribution < 1.29 is 19.4 Å². The number of rotatable bonds is 5. The lowest BCUT2D eigenvalue weighted by atomic mass is 10.1. The fourth-order valence-electron chi connectivity index (χ4n) is 2.30. The maximum Gasteiger partial charge on any atom is 0.305 e. The predicted molar refractivity (Wildman–Crippen MR) is 71.1 cm³/mol. The Morgan fingerprint density at radius 1 is 1.40 bits per heavy atom. The Labute approximate surface area is 117 Å². The van der Waals surface area contributed by atoms with Crippen LogP contribution in [-0.2, 0) is 20.7 Å². The number of aryl methyl sites for hydroxylation is 1. The van der Waals surface area contributed by atoms with E-state index in [9.17, 15) is 9.59 Å². The minimum atomic E-state index is -0.910. The Hall–Kier alpha value is -1.95. The van der Waals surface area contributed by atoms with Gasteiger partial charge in [-0.25, -0.2) is 0 Å². The summed E-state index contributed by atoms with van der Waals surface area (Å²) in [7, 11) is 0. The molecular weight excluding hydrogens is 260 g/mol. The number of ether oxygens (including phenoxy) is 1. The maximum absolute atomic E-state index is 12.2. The maximum atomic E-state index is 12.2. The Kier molecular flexibility index (Phi) is 5.06. The first-order valence-corrected chi connectivity index (χ1v) is 6.64. The van der Waals surface area contributed by atoms with Crippen LogP contribution < -0.4 is 0 Å². The van der Waals surface area contributed by atoms with Crippen LogP contribution in [0.3, 0.4) is 0 Å². The molecule has 1 aromatic heterocycles. The Bertz CT molecular complexity index is 464. The molecule has 1 atom stereocenters. The number of pyridine rings is 1. The highest BCUT2D eigenvalue weighted by Crippen LogP contribution is 2.13. The third-order valence-electron chi connectivity index (χ3n) is 3.34. The summed E-state index contributed by atoms with van der Waals surface area (Å²) in [6.07, 6.45) is 4.34. The van der Waals surface area contributed by atoms with Gasteiger partial charge in [-0.05, 0) is 24.1 Å². The van der Waals surface area contributed by atoms with Gasteiger partial charge in [0.05, 0.1) is 25.7 Å². The van der Waals surface area contributed by atoms with E-state index in [4.69, 9.17) is 9.84 Å². The molecule has 0 spiro atoms. The molecule has 1 fully saturated rings. The van der Waals surface area contributed by atoms with Crippen LogP contribution in [0.15, 0.2) is 24.5 Å². The number of carboxylic acid groups (broad SMARTS) is 1. The van der Waals surface area contributed by atoms with Crippen LogP contribution in [0.1, 0.15) is 18.4 Å². The average Bonchev–Trinajstić information content (AvgIpc) is 2.46. The summed E-state index contributed by atoms with van der Waals surface area (Å²) in [6, 6.07) is 3.40. The lowest BCUT2D eigenvalue weighted by Gasteiger charge is -2.35. The van der Waals surface area contributed by atoms with Crippen molar-refractivity contribution in [1.82, 2.24) is 9.88 Å². The van der Waals surface area contributed by atoms with E-state index in [0.717, 1.165) is 5.56 Å². The molecule has 1 aliphatic rings. The molecule has 1 amide bonds. The molecule has 0 aromatic carbocycles. The minimum Gasteiger partial charge on any atom is -0.481 e. The van der Waals surface area contributed by atoms with Crippen molar-refractivity contribution in [2.24, 2.45) is 0 Å². The standard InChI is InChI=1S/C14H18N2O4/c17-13(2-1-11-3-5-15-6-4-11)16-7-8-20-10-12(16)9-14(18)19/h3-6,12H,1-2,7-10H2,(H,18,19). The van der Waals surface area contributed by atoms with Crippen molar-refractivity contribution in [3.8, 4) is 0 Å². The van der Waals surface area contributed by atoms with Gasteiger partial charge in [0.25, 0.3) is 0 Å². The number of morpholine rings is 1. The molecule has 1 aliphatic heterocycles. The third-order valence-corrected chi connectivity index (χ3v) is 3.34. The van der Waals surface area contributed by atoms with Gasteiger partial charge in [0.1, 0.15) is 0 Å².